The first kappa shape index (κ1) is 12.1. The molecule has 6 nitrogen and oxygen atoms in total. The lowest BCUT2D eigenvalue weighted by Crippen LogP contribution is -2.36. The van der Waals surface area contributed by atoms with Crippen LogP contribution in [0, 0.1) is 5.92 Å². The van der Waals surface area contributed by atoms with Gasteiger partial charge in [-0.15, -0.1) is 0 Å². The largest absolute Gasteiger partial charge is 0.478 e. The number of aliphatic hydroxyl groups is 1. The number of carbonyl (C=O) groups is 2. The number of carboxylic acids is 1. The zero-order valence-corrected chi connectivity index (χ0v) is 9.38. The number of carbonyl (C=O) groups excluding carboxylic acids is 1. The highest BCUT2D eigenvalue weighted by Gasteiger charge is 2.43. The smallest absolute Gasteiger partial charge is 0.345 e. The lowest BCUT2D eigenvalue weighted by Gasteiger charge is -2.23. The summed E-state index contributed by atoms with van der Waals surface area (Å²) < 4.78 is 9.85. The van der Waals surface area contributed by atoms with E-state index in [4.69, 9.17) is 14.6 Å². The highest BCUT2D eigenvalue weighted by atomic mass is 16.6. The van der Waals surface area contributed by atoms with E-state index in [-0.39, 0.29) is 0 Å². The van der Waals surface area contributed by atoms with E-state index in [1.807, 2.05) is 0 Å². The second kappa shape index (κ2) is 4.46. The Hall–Kier alpha value is -1.40. The van der Waals surface area contributed by atoms with Crippen LogP contribution in [0.25, 0.3) is 0 Å². The molecule has 2 rings (SSSR count). The van der Waals surface area contributed by atoms with Crippen molar-refractivity contribution in [2.75, 3.05) is 6.61 Å². The molecule has 6 heteroatoms. The molecule has 1 aliphatic heterocycles. The fourth-order valence-corrected chi connectivity index (χ4v) is 2.47. The summed E-state index contributed by atoms with van der Waals surface area (Å²) >= 11 is 0. The summed E-state index contributed by atoms with van der Waals surface area (Å²) in [6.45, 7) is 1.50. The Morgan fingerprint density at radius 3 is 2.82 bits per heavy atom. The number of aliphatic hydroxyl groups excluding tert-OH is 1. The third-order valence-electron chi connectivity index (χ3n) is 3.15. The first-order valence-electron chi connectivity index (χ1n) is 5.42. The highest BCUT2D eigenvalue weighted by Crippen LogP contribution is 2.41. The number of hydrogen-bond donors (Lipinski definition) is 2. The molecule has 0 aromatic heterocycles. The normalized spacial score (nSPS) is 29.1. The van der Waals surface area contributed by atoms with Crippen molar-refractivity contribution in [1.29, 1.82) is 0 Å². The average Bonchev–Trinajstić information content (AvgIpc) is 2.78. The average molecular weight is 242 g/mol. The van der Waals surface area contributed by atoms with Gasteiger partial charge < -0.3 is 19.7 Å². The van der Waals surface area contributed by atoms with E-state index >= 15 is 0 Å². The molecular formula is C11H14O6. The zero-order chi connectivity index (χ0) is 12.6. The van der Waals surface area contributed by atoms with Crippen LogP contribution in [0.3, 0.4) is 0 Å². The third-order valence-corrected chi connectivity index (χ3v) is 3.15. The van der Waals surface area contributed by atoms with Crippen LogP contribution in [0.2, 0.25) is 0 Å². The molecule has 0 fully saturated rings. The maximum absolute atomic E-state index is 11.1. The van der Waals surface area contributed by atoms with Gasteiger partial charge in [-0.3, -0.25) is 4.79 Å². The van der Waals surface area contributed by atoms with Gasteiger partial charge in [-0.05, 0) is 24.0 Å². The fourth-order valence-electron chi connectivity index (χ4n) is 2.47. The van der Waals surface area contributed by atoms with Gasteiger partial charge >= 0.3 is 11.9 Å². The van der Waals surface area contributed by atoms with Crippen LogP contribution in [0.4, 0.5) is 0 Å². The molecule has 0 saturated heterocycles. The number of ether oxygens (including phenoxy) is 2. The molecule has 0 bridgehead atoms. The molecule has 0 aromatic rings. The predicted molar refractivity (Wildman–Crippen MR) is 54.9 cm³/mol. The Labute approximate surface area is 97.8 Å². The number of hydrogen-bond acceptors (Lipinski definition) is 5. The molecule has 0 radical (unpaired) electrons. The van der Waals surface area contributed by atoms with E-state index in [1.165, 1.54) is 6.92 Å². The van der Waals surface area contributed by atoms with E-state index in [2.05, 4.69) is 0 Å². The molecule has 17 heavy (non-hydrogen) atoms. The number of aliphatic carboxylic acids is 1. The summed E-state index contributed by atoms with van der Waals surface area (Å²) in [6.07, 6.45) is -1.05. The number of esters is 1. The molecule has 1 aliphatic carbocycles. The molecule has 2 N–H and O–H groups in total. The molecule has 1 heterocycles. The van der Waals surface area contributed by atoms with Gasteiger partial charge in [0.15, 0.2) is 6.29 Å². The lowest BCUT2D eigenvalue weighted by atomic mass is 9.94. The van der Waals surface area contributed by atoms with Gasteiger partial charge in [0.25, 0.3) is 0 Å². The van der Waals surface area contributed by atoms with Crippen LogP contribution < -0.4 is 0 Å². The molecule has 1 unspecified atom stereocenters. The molecule has 0 aromatic carbocycles. The van der Waals surface area contributed by atoms with E-state index in [1.54, 1.807) is 0 Å². The van der Waals surface area contributed by atoms with Crippen molar-refractivity contribution in [2.24, 2.45) is 5.92 Å². The maximum Gasteiger partial charge on any atom is 0.345 e. The fraction of sp³-hybridized carbons (Fsp3) is 0.636. The summed E-state index contributed by atoms with van der Waals surface area (Å²) in [4.78, 5) is 22.0. The minimum Gasteiger partial charge on any atom is -0.478 e. The predicted octanol–water partition coefficient (Wildman–Crippen LogP) is 0.0579. The monoisotopic (exact) mass is 242 g/mol. The van der Waals surface area contributed by atoms with E-state index in [9.17, 15) is 14.7 Å². The van der Waals surface area contributed by atoms with Gasteiger partial charge in [0.05, 0.1) is 6.61 Å². The first-order valence-corrected chi connectivity index (χ1v) is 5.42. The van der Waals surface area contributed by atoms with Gasteiger partial charge in [-0.25, -0.2) is 4.79 Å². The second-order valence-electron chi connectivity index (χ2n) is 4.24. The van der Waals surface area contributed by atoms with Gasteiger partial charge in [-0.1, -0.05) is 0 Å². The Balaban J connectivity index is 2.20. The van der Waals surface area contributed by atoms with Crippen LogP contribution in [0.1, 0.15) is 19.8 Å². The second-order valence-corrected chi connectivity index (χ2v) is 4.24. The maximum atomic E-state index is 11.1. The minimum absolute atomic E-state index is 0.333. The van der Waals surface area contributed by atoms with Gasteiger partial charge in [0.2, 0.25) is 6.10 Å². The van der Waals surface area contributed by atoms with Crippen molar-refractivity contribution in [1.82, 2.24) is 0 Å². The third kappa shape index (κ3) is 2.18. The quantitative estimate of drug-likeness (QED) is 0.537. The van der Waals surface area contributed by atoms with Crippen molar-refractivity contribution < 1.29 is 29.3 Å². The van der Waals surface area contributed by atoms with E-state index in [0.29, 0.717) is 25.0 Å². The zero-order valence-electron chi connectivity index (χ0n) is 9.38. The molecule has 2 aliphatic rings. The van der Waals surface area contributed by atoms with Crippen molar-refractivity contribution in [3.05, 3.63) is 11.1 Å². The molecule has 94 valence electrons. The number of carboxylic acid groups (broad SMARTS) is 1. The van der Waals surface area contributed by atoms with Crippen molar-refractivity contribution in [2.45, 2.75) is 32.2 Å². The summed E-state index contributed by atoms with van der Waals surface area (Å²) in [5.41, 5.74) is 1.51. The molecule has 0 saturated carbocycles. The Kier molecular flexibility index (Phi) is 3.17. The summed E-state index contributed by atoms with van der Waals surface area (Å²) in [5.74, 6) is -2.32. The lowest BCUT2D eigenvalue weighted by molar-refractivity contribution is -0.166. The van der Waals surface area contributed by atoms with E-state index < -0.39 is 30.3 Å². The van der Waals surface area contributed by atoms with Crippen molar-refractivity contribution >= 4 is 11.9 Å². The van der Waals surface area contributed by atoms with E-state index in [0.717, 1.165) is 5.57 Å². The van der Waals surface area contributed by atoms with Crippen LogP contribution in [0.5, 0.6) is 0 Å². The minimum atomic E-state index is -1.24. The van der Waals surface area contributed by atoms with Gasteiger partial charge in [0, 0.05) is 12.8 Å². The summed E-state index contributed by atoms with van der Waals surface area (Å²) in [6, 6.07) is 0. The van der Waals surface area contributed by atoms with Gasteiger partial charge in [-0.2, -0.15) is 0 Å². The van der Waals surface area contributed by atoms with Gasteiger partial charge in [0.1, 0.15) is 0 Å². The molecule has 0 amide bonds. The summed E-state index contributed by atoms with van der Waals surface area (Å²) in [5, 5.41) is 18.7. The van der Waals surface area contributed by atoms with Crippen LogP contribution in [-0.4, -0.2) is 41.2 Å². The first-order chi connectivity index (χ1) is 8.00. The molecule has 0 spiro atoms. The van der Waals surface area contributed by atoms with Crippen molar-refractivity contribution in [3.63, 3.8) is 0 Å². The van der Waals surface area contributed by atoms with Crippen LogP contribution in [-0.2, 0) is 19.1 Å². The Morgan fingerprint density at radius 2 is 2.24 bits per heavy atom. The topological polar surface area (TPSA) is 93.1 Å². The Bertz CT molecular complexity index is 385. The van der Waals surface area contributed by atoms with Crippen LogP contribution in [0.15, 0.2) is 11.1 Å². The summed E-state index contributed by atoms with van der Waals surface area (Å²) in [7, 11) is 0. The number of rotatable bonds is 3. The van der Waals surface area contributed by atoms with Crippen molar-refractivity contribution in [3.8, 4) is 0 Å². The highest BCUT2D eigenvalue weighted by molar-refractivity contribution is 5.78. The Morgan fingerprint density at radius 1 is 1.53 bits per heavy atom. The SMILES string of the molecule is CC(=O)OC(C(=O)O)[C@@H]1CCC2=C1[C@@H](O)OC2. The standard InChI is InChI=1S/C11H14O6/c1-5(12)17-9(10(13)14)7-3-2-6-4-16-11(15)8(6)7/h7,9,11,15H,2-4H2,1H3,(H,13,14)/t7-,9?,11+/m1/s1. The molecule has 3 atom stereocenters. The van der Waals surface area contributed by atoms with Crippen LogP contribution >= 0.6 is 0 Å². The molecular weight excluding hydrogens is 228 g/mol.